The monoisotopic (exact) mass is 379 g/mol. The molecule has 8 heteroatoms. The van der Waals surface area contributed by atoms with Crippen LogP contribution in [0.4, 0.5) is 4.79 Å². The number of fused-ring (bicyclic) bond motifs is 1. The fourth-order valence-electron chi connectivity index (χ4n) is 5.20. The first-order valence-electron chi connectivity index (χ1n) is 10.1. The molecule has 1 saturated carbocycles. The number of β-amino-alcohol motifs (C(OH)–C–C–N with tert-alkyl or cyclic N) is 1. The van der Waals surface area contributed by atoms with Crippen LogP contribution in [0.25, 0.3) is 0 Å². The summed E-state index contributed by atoms with van der Waals surface area (Å²) in [6.07, 6.45) is 4.16. The molecule has 27 heavy (non-hydrogen) atoms. The second-order valence-electron chi connectivity index (χ2n) is 8.75. The summed E-state index contributed by atoms with van der Waals surface area (Å²) in [5.74, 6) is -0.0923. The number of carbonyl (C=O) groups is 3. The van der Waals surface area contributed by atoms with Crippen molar-refractivity contribution in [3.8, 4) is 0 Å². The largest absolute Gasteiger partial charge is 0.465 e. The second kappa shape index (κ2) is 6.65. The van der Waals surface area contributed by atoms with Crippen LogP contribution in [0, 0.1) is 5.41 Å². The van der Waals surface area contributed by atoms with Crippen LogP contribution in [0.2, 0.25) is 0 Å². The van der Waals surface area contributed by atoms with Crippen molar-refractivity contribution in [2.75, 3.05) is 19.6 Å². The number of hydrogen-bond donors (Lipinski definition) is 2. The van der Waals surface area contributed by atoms with Gasteiger partial charge >= 0.3 is 6.09 Å². The number of amides is 3. The molecule has 0 aromatic rings. The summed E-state index contributed by atoms with van der Waals surface area (Å²) in [7, 11) is 0. The quantitative estimate of drug-likeness (QED) is 0.758. The first-order valence-corrected chi connectivity index (χ1v) is 10.1. The molecule has 2 N–H and O–H groups in total. The number of aliphatic hydroxyl groups excluding tert-OH is 1. The third kappa shape index (κ3) is 3.17. The minimum atomic E-state index is -1.05. The SMILES string of the molecule is C[C@H]1C(=O)N2[C@@H](CCC(=O)N3CCC4(CC4)[C@H](O)C3)CC[C@H]2CN1C(=O)O. The van der Waals surface area contributed by atoms with Gasteiger partial charge in [0.25, 0.3) is 0 Å². The molecule has 3 amide bonds. The Morgan fingerprint density at radius 2 is 1.93 bits per heavy atom. The number of likely N-dealkylation sites (tertiary alicyclic amines) is 1. The van der Waals surface area contributed by atoms with Gasteiger partial charge in [-0.2, -0.15) is 0 Å². The molecule has 150 valence electrons. The van der Waals surface area contributed by atoms with Crippen LogP contribution in [0.1, 0.15) is 51.9 Å². The molecule has 3 heterocycles. The van der Waals surface area contributed by atoms with Gasteiger partial charge < -0.3 is 20.0 Å². The molecule has 0 aromatic carbocycles. The van der Waals surface area contributed by atoms with E-state index < -0.39 is 18.2 Å². The Balaban J connectivity index is 1.32. The van der Waals surface area contributed by atoms with E-state index in [1.165, 1.54) is 4.90 Å². The number of piperazine rings is 1. The van der Waals surface area contributed by atoms with E-state index in [1.54, 1.807) is 11.8 Å². The molecule has 4 atom stereocenters. The summed E-state index contributed by atoms with van der Waals surface area (Å²) in [5.41, 5.74) is 0.0851. The van der Waals surface area contributed by atoms with Gasteiger partial charge in [0.2, 0.25) is 11.8 Å². The Labute approximate surface area is 159 Å². The molecule has 0 aromatic heterocycles. The Morgan fingerprint density at radius 3 is 2.56 bits per heavy atom. The summed E-state index contributed by atoms with van der Waals surface area (Å²) in [5, 5.41) is 19.6. The molecule has 0 radical (unpaired) electrons. The van der Waals surface area contributed by atoms with Crippen molar-refractivity contribution in [2.45, 2.75) is 76.1 Å². The fourth-order valence-corrected chi connectivity index (χ4v) is 5.20. The van der Waals surface area contributed by atoms with E-state index in [0.29, 0.717) is 25.9 Å². The van der Waals surface area contributed by atoms with E-state index in [0.717, 1.165) is 38.6 Å². The Kier molecular flexibility index (Phi) is 4.56. The molecule has 1 aliphatic carbocycles. The van der Waals surface area contributed by atoms with Crippen LogP contribution in [0.15, 0.2) is 0 Å². The number of aliphatic hydroxyl groups is 1. The number of rotatable bonds is 3. The average molecular weight is 379 g/mol. The van der Waals surface area contributed by atoms with Gasteiger partial charge in [0.1, 0.15) is 6.04 Å². The van der Waals surface area contributed by atoms with Crippen molar-refractivity contribution in [3.63, 3.8) is 0 Å². The number of carbonyl (C=O) groups excluding carboxylic acids is 2. The molecule has 4 rings (SSSR count). The second-order valence-corrected chi connectivity index (χ2v) is 8.75. The van der Waals surface area contributed by atoms with E-state index in [-0.39, 0.29) is 29.3 Å². The van der Waals surface area contributed by atoms with Gasteiger partial charge in [0.05, 0.1) is 6.10 Å². The van der Waals surface area contributed by atoms with E-state index in [2.05, 4.69) is 0 Å². The summed E-state index contributed by atoms with van der Waals surface area (Å²) < 4.78 is 0. The molecule has 0 unspecified atom stereocenters. The van der Waals surface area contributed by atoms with Gasteiger partial charge in [0.15, 0.2) is 0 Å². The lowest BCUT2D eigenvalue weighted by Crippen LogP contribution is -2.61. The third-order valence-electron chi connectivity index (χ3n) is 7.27. The minimum absolute atomic E-state index is 0.00864. The lowest BCUT2D eigenvalue weighted by atomic mass is 9.90. The third-order valence-corrected chi connectivity index (χ3v) is 7.27. The summed E-state index contributed by atoms with van der Waals surface area (Å²) >= 11 is 0. The predicted molar refractivity (Wildman–Crippen MR) is 96.0 cm³/mol. The molecule has 4 aliphatic rings. The van der Waals surface area contributed by atoms with Crippen LogP contribution >= 0.6 is 0 Å². The van der Waals surface area contributed by atoms with Crippen molar-refractivity contribution < 1.29 is 24.6 Å². The van der Waals surface area contributed by atoms with Crippen LogP contribution in [0.3, 0.4) is 0 Å². The molecular formula is C19H29N3O5. The van der Waals surface area contributed by atoms with Crippen LogP contribution in [-0.2, 0) is 9.59 Å². The molecule has 1 spiro atoms. The van der Waals surface area contributed by atoms with Crippen molar-refractivity contribution in [2.24, 2.45) is 5.41 Å². The summed E-state index contributed by atoms with van der Waals surface area (Å²) in [4.78, 5) is 41.5. The van der Waals surface area contributed by atoms with Gasteiger partial charge in [-0.1, -0.05) is 0 Å². The Hall–Kier alpha value is -1.83. The predicted octanol–water partition coefficient (Wildman–Crippen LogP) is 0.882. The highest BCUT2D eigenvalue weighted by atomic mass is 16.4. The Morgan fingerprint density at radius 1 is 1.19 bits per heavy atom. The van der Waals surface area contributed by atoms with E-state index in [9.17, 15) is 24.6 Å². The zero-order valence-corrected chi connectivity index (χ0v) is 15.8. The first-order chi connectivity index (χ1) is 12.8. The van der Waals surface area contributed by atoms with Gasteiger partial charge in [-0.3, -0.25) is 14.5 Å². The maximum absolute atomic E-state index is 12.7. The van der Waals surface area contributed by atoms with Gasteiger partial charge in [-0.15, -0.1) is 0 Å². The van der Waals surface area contributed by atoms with Gasteiger partial charge in [-0.05, 0) is 50.9 Å². The van der Waals surface area contributed by atoms with Crippen LogP contribution < -0.4 is 0 Å². The zero-order valence-electron chi connectivity index (χ0n) is 15.8. The molecule has 3 aliphatic heterocycles. The highest BCUT2D eigenvalue weighted by Gasteiger charge is 2.52. The maximum Gasteiger partial charge on any atom is 0.408 e. The number of carboxylic acid groups (broad SMARTS) is 1. The van der Waals surface area contributed by atoms with Crippen molar-refractivity contribution >= 4 is 17.9 Å². The van der Waals surface area contributed by atoms with Crippen LogP contribution in [0.5, 0.6) is 0 Å². The van der Waals surface area contributed by atoms with E-state index in [4.69, 9.17) is 0 Å². The van der Waals surface area contributed by atoms with Gasteiger partial charge in [-0.25, -0.2) is 4.79 Å². The number of piperidine rings is 1. The summed E-state index contributed by atoms with van der Waals surface area (Å²) in [6.45, 7) is 3.14. The smallest absolute Gasteiger partial charge is 0.408 e. The maximum atomic E-state index is 12.7. The van der Waals surface area contributed by atoms with Crippen molar-refractivity contribution in [1.82, 2.24) is 14.7 Å². The highest BCUT2D eigenvalue weighted by Crippen LogP contribution is 2.53. The molecule has 4 fully saturated rings. The Bertz CT molecular complexity index is 649. The van der Waals surface area contributed by atoms with E-state index >= 15 is 0 Å². The van der Waals surface area contributed by atoms with Gasteiger partial charge in [0, 0.05) is 38.1 Å². The topological polar surface area (TPSA) is 101 Å². The normalized spacial score (nSPS) is 34.7. The number of hydrogen-bond acceptors (Lipinski definition) is 4. The zero-order chi connectivity index (χ0) is 19.3. The number of nitrogens with zero attached hydrogens (tertiary/aromatic N) is 3. The minimum Gasteiger partial charge on any atom is -0.465 e. The highest BCUT2D eigenvalue weighted by molar-refractivity contribution is 5.87. The molecule has 0 bridgehead atoms. The molecule has 3 saturated heterocycles. The average Bonchev–Trinajstić information content (AvgIpc) is 3.30. The van der Waals surface area contributed by atoms with Crippen molar-refractivity contribution in [1.29, 1.82) is 0 Å². The fraction of sp³-hybridized carbons (Fsp3) is 0.842. The standard InChI is InChI=1S/C19H29N3O5/c1-12-17(25)22-13(2-3-14(22)10-21(12)18(26)27)4-5-16(24)20-9-8-19(6-7-19)15(23)11-20/h12-15,23H,2-11H2,1H3,(H,26,27)/t12-,13+,14-,15+/m0/s1. The van der Waals surface area contributed by atoms with E-state index in [1.807, 2.05) is 4.90 Å². The lowest BCUT2D eigenvalue weighted by Gasteiger charge is -2.42. The molecular weight excluding hydrogens is 350 g/mol. The van der Waals surface area contributed by atoms with Crippen molar-refractivity contribution in [3.05, 3.63) is 0 Å². The molecule has 8 nitrogen and oxygen atoms in total. The van der Waals surface area contributed by atoms with Crippen LogP contribution in [-0.4, -0.2) is 86.7 Å². The summed E-state index contributed by atoms with van der Waals surface area (Å²) in [6, 6.07) is -0.729. The first kappa shape index (κ1) is 18.5. The lowest BCUT2D eigenvalue weighted by molar-refractivity contribution is -0.145.